The van der Waals surface area contributed by atoms with E-state index in [1.54, 1.807) is 6.92 Å². The van der Waals surface area contributed by atoms with Gasteiger partial charge < -0.3 is 14.4 Å². The topological polar surface area (TPSA) is 45.6 Å². The molecular weight excluding hydrogens is 426 g/mol. The van der Waals surface area contributed by atoms with E-state index in [0.29, 0.717) is 17.0 Å². The van der Waals surface area contributed by atoms with Gasteiger partial charge in [0.25, 0.3) is 0 Å². The molecule has 2 aromatic carbocycles. The number of rotatable bonds is 5. The van der Waals surface area contributed by atoms with Gasteiger partial charge in [-0.1, -0.05) is 29.8 Å². The number of amides is 1. The molecule has 1 aromatic heterocycles. The Hall–Kier alpha value is -2.77. The van der Waals surface area contributed by atoms with Gasteiger partial charge in [0.1, 0.15) is 6.54 Å². The second-order valence-electron chi connectivity index (χ2n) is 7.81. The Morgan fingerprint density at radius 2 is 1.61 bits per heavy atom. The molecule has 0 unspecified atom stereocenters. The van der Waals surface area contributed by atoms with Crippen molar-refractivity contribution in [3.05, 3.63) is 69.0 Å². The number of nitrogens with zero attached hydrogens (tertiary/aromatic N) is 3. The van der Waals surface area contributed by atoms with E-state index in [2.05, 4.69) is 36.1 Å². The van der Waals surface area contributed by atoms with Crippen LogP contribution in [0.25, 0.3) is 11.3 Å². The second-order valence-corrected chi connectivity index (χ2v) is 9.31. The Bertz CT molecular complexity index is 1140. The maximum absolute atomic E-state index is 13.0. The van der Waals surface area contributed by atoms with E-state index in [-0.39, 0.29) is 18.2 Å². The number of anilines is 1. The van der Waals surface area contributed by atoms with Crippen molar-refractivity contribution < 1.29 is 9.59 Å². The molecule has 3 aromatic rings. The lowest BCUT2D eigenvalue weighted by atomic mass is 10.1. The van der Waals surface area contributed by atoms with Crippen LogP contribution in [0.5, 0.6) is 0 Å². The predicted molar refractivity (Wildman–Crippen MR) is 129 cm³/mol. The van der Waals surface area contributed by atoms with Crippen LogP contribution in [-0.2, 0) is 11.3 Å². The number of Topliss-reactive ketones (excluding diaryl/α,β-unsaturated/α-hetero) is 1. The average Bonchev–Trinajstić information content (AvgIpc) is 3.14. The third-order valence-corrected chi connectivity index (χ3v) is 6.97. The fourth-order valence-corrected chi connectivity index (χ4v) is 4.86. The number of piperazine rings is 1. The van der Waals surface area contributed by atoms with Crippen LogP contribution in [0.3, 0.4) is 0 Å². The van der Waals surface area contributed by atoms with E-state index < -0.39 is 0 Å². The molecule has 7 heteroatoms. The minimum atomic E-state index is 0.0685. The Labute approximate surface area is 191 Å². The maximum atomic E-state index is 13.0. The quantitative estimate of drug-likeness (QED) is 0.413. The van der Waals surface area contributed by atoms with Gasteiger partial charge in [0.2, 0.25) is 5.91 Å². The fourth-order valence-electron chi connectivity index (χ4n) is 3.79. The van der Waals surface area contributed by atoms with Crippen LogP contribution in [0.15, 0.2) is 53.9 Å². The van der Waals surface area contributed by atoms with Crippen molar-refractivity contribution >= 4 is 40.9 Å². The lowest BCUT2D eigenvalue weighted by molar-refractivity contribution is -0.132. The molecule has 0 saturated carbocycles. The second kappa shape index (κ2) is 9.16. The van der Waals surface area contributed by atoms with Crippen molar-refractivity contribution in [1.29, 1.82) is 0 Å². The number of thiazole rings is 1. The number of carbonyl (C=O) groups excluding carboxylic acids is 2. The SMILES string of the molecule is CC(=O)c1ccc(N2CCN(C(=O)Cn3c(-c4ccc(C)cc4)csc3=S)CC2)cc1. The highest BCUT2D eigenvalue weighted by Crippen LogP contribution is 2.25. The molecular formula is C24H25N3O2S2. The molecule has 0 radical (unpaired) electrons. The highest BCUT2D eigenvalue weighted by Gasteiger charge is 2.22. The van der Waals surface area contributed by atoms with E-state index in [9.17, 15) is 9.59 Å². The van der Waals surface area contributed by atoms with Crippen molar-refractivity contribution in [3.63, 3.8) is 0 Å². The van der Waals surface area contributed by atoms with Gasteiger partial charge in [0.15, 0.2) is 9.74 Å². The van der Waals surface area contributed by atoms with Gasteiger partial charge in [-0.05, 0) is 55.9 Å². The van der Waals surface area contributed by atoms with Gasteiger partial charge in [-0.25, -0.2) is 0 Å². The van der Waals surface area contributed by atoms with Crippen LogP contribution >= 0.6 is 23.6 Å². The molecule has 1 fully saturated rings. The van der Waals surface area contributed by atoms with Crippen LogP contribution in [-0.4, -0.2) is 47.3 Å². The highest BCUT2D eigenvalue weighted by molar-refractivity contribution is 7.73. The summed E-state index contributed by atoms with van der Waals surface area (Å²) in [4.78, 5) is 28.7. The fraction of sp³-hybridized carbons (Fsp3) is 0.292. The number of benzene rings is 2. The molecule has 1 aliphatic heterocycles. The number of hydrogen-bond acceptors (Lipinski definition) is 5. The van der Waals surface area contributed by atoms with Crippen LogP contribution in [0.2, 0.25) is 0 Å². The highest BCUT2D eigenvalue weighted by atomic mass is 32.1. The summed E-state index contributed by atoms with van der Waals surface area (Å²) in [5.41, 5.74) is 5.07. The molecule has 0 atom stereocenters. The van der Waals surface area contributed by atoms with Crippen LogP contribution in [0.1, 0.15) is 22.8 Å². The molecule has 5 nitrogen and oxygen atoms in total. The molecule has 2 heterocycles. The molecule has 0 spiro atoms. The van der Waals surface area contributed by atoms with Crippen LogP contribution < -0.4 is 4.90 Å². The van der Waals surface area contributed by atoms with Gasteiger partial charge >= 0.3 is 0 Å². The Morgan fingerprint density at radius 3 is 2.23 bits per heavy atom. The number of hydrogen-bond donors (Lipinski definition) is 0. The molecule has 4 rings (SSSR count). The summed E-state index contributed by atoms with van der Waals surface area (Å²) in [5, 5.41) is 2.03. The van der Waals surface area contributed by atoms with Gasteiger partial charge in [0, 0.05) is 42.8 Å². The standard InChI is InChI=1S/C24H25N3O2S2/c1-17-3-5-20(6-4-17)22-16-31-24(30)27(22)15-23(29)26-13-11-25(12-14-26)21-9-7-19(8-10-21)18(2)28/h3-10,16H,11-15H2,1-2H3. The van der Waals surface area contributed by atoms with Crippen LogP contribution in [0.4, 0.5) is 5.69 Å². The Morgan fingerprint density at radius 1 is 0.968 bits per heavy atom. The van der Waals surface area contributed by atoms with Gasteiger partial charge in [-0.15, -0.1) is 11.3 Å². The monoisotopic (exact) mass is 451 g/mol. The van der Waals surface area contributed by atoms with Crippen molar-refractivity contribution in [2.75, 3.05) is 31.1 Å². The van der Waals surface area contributed by atoms with Crippen LogP contribution in [0, 0.1) is 10.9 Å². The summed E-state index contributed by atoms with van der Waals surface area (Å²) in [6.45, 7) is 6.78. The zero-order chi connectivity index (χ0) is 22.0. The molecule has 1 aliphatic rings. The average molecular weight is 452 g/mol. The van der Waals surface area contributed by atoms with Crippen molar-refractivity contribution in [3.8, 4) is 11.3 Å². The molecule has 31 heavy (non-hydrogen) atoms. The lowest BCUT2D eigenvalue weighted by Crippen LogP contribution is -2.49. The summed E-state index contributed by atoms with van der Waals surface area (Å²) in [6.07, 6.45) is 0. The summed E-state index contributed by atoms with van der Waals surface area (Å²) in [6, 6.07) is 16.0. The largest absolute Gasteiger partial charge is 0.368 e. The first-order valence-corrected chi connectivity index (χ1v) is 11.6. The molecule has 160 valence electrons. The molecule has 0 bridgehead atoms. The van der Waals surface area contributed by atoms with E-state index in [1.807, 2.05) is 39.1 Å². The minimum Gasteiger partial charge on any atom is -0.368 e. The number of ketones is 1. The van der Waals surface area contributed by atoms with Gasteiger partial charge in [-0.3, -0.25) is 9.59 Å². The summed E-state index contributed by atoms with van der Waals surface area (Å²) in [5.74, 6) is 0.161. The van der Waals surface area contributed by atoms with E-state index >= 15 is 0 Å². The molecule has 1 saturated heterocycles. The third-order valence-electron chi connectivity index (χ3n) is 5.69. The summed E-state index contributed by atoms with van der Waals surface area (Å²) >= 11 is 7.00. The van der Waals surface area contributed by atoms with Crippen molar-refractivity contribution in [2.24, 2.45) is 0 Å². The predicted octanol–water partition coefficient (Wildman–Crippen LogP) is 4.81. The van der Waals surface area contributed by atoms with E-state index in [0.717, 1.165) is 35.6 Å². The first-order chi connectivity index (χ1) is 14.9. The minimum absolute atomic E-state index is 0.0685. The zero-order valence-corrected chi connectivity index (χ0v) is 19.3. The number of aromatic nitrogens is 1. The molecule has 1 amide bonds. The normalized spacial score (nSPS) is 14.0. The van der Waals surface area contributed by atoms with Gasteiger partial charge in [-0.2, -0.15) is 0 Å². The van der Waals surface area contributed by atoms with Crippen molar-refractivity contribution in [2.45, 2.75) is 20.4 Å². The maximum Gasteiger partial charge on any atom is 0.242 e. The zero-order valence-electron chi connectivity index (χ0n) is 17.7. The third kappa shape index (κ3) is 4.78. The first-order valence-electron chi connectivity index (χ1n) is 10.3. The van der Waals surface area contributed by atoms with Crippen molar-refractivity contribution in [1.82, 2.24) is 9.47 Å². The number of aryl methyl sites for hydroxylation is 1. The lowest BCUT2D eigenvalue weighted by Gasteiger charge is -2.36. The molecule has 0 N–H and O–H groups in total. The van der Waals surface area contributed by atoms with E-state index in [4.69, 9.17) is 12.2 Å². The Balaban J connectivity index is 1.41. The van der Waals surface area contributed by atoms with E-state index in [1.165, 1.54) is 16.9 Å². The summed E-state index contributed by atoms with van der Waals surface area (Å²) in [7, 11) is 0. The smallest absolute Gasteiger partial charge is 0.242 e. The van der Waals surface area contributed by atoms with Gasteiger partial charge in [0.05, 0.1) is 5.69 Å². The number of carbonyl (C=O) groups is 2. The molecule has 0 aliphatic carbocycles. The summed E-state index contributed by atoms with van der Waals surface area (Å²) < 4.78 is 2.66. The Kier molecular flexibility index (Phi) is 6.34. The first kappa shape index (κ1) is 21.5.